The molecule has 2 aromatic carbocycles. The summed E-state index contributed by atoms with van der Waals surface area (Å²) in [5.41, 5.74) is 1.01. The van der Waals surface area contributed by atoms with Crippen LogP contribution < -0.4 is 61.2 Å². The molecule has 0 aliphatic heterocycles. The SMILES string of the molecule is CCCCCCCCc1ccc([O-])c(Oc2cccc(S(=O)(=O)O)c2)c1.[K+]. The second-order valence-corrected chi connectivity index (χ2v) is 7.77. The Morgan fingerprint density at radius 2 is 1.70 bits per heavy atom. The van der Waals surface area contributed by atoms with E-state index in [1.807, 2.05) is 0 Å². The van der Waals surface area contributed by atoms with Gasteiger partial charge in [0.2, 0.25) is 0 Å². The molecule has 142 valence electrons. The van der Waals surface area contributed by atoms with Crippen molar-refractivity contribution in [2.75, 3.05) is 0 Å². The zero-order chi connectivity index (χ0) is 19.0. The van der Waals surface area contributed by atoms with Gasteiger partial charge in [-0.3, -0.25) is 4.55 Å². The number of rotatable bonds is 10. The third kappa shape index (κ3) is 8.64. The van der Waals surface area contributed by atoms with Crippen molar-refractivity contribution in [1.29, 1.82) is 0 Å². The second kappa shape index (κ2) is 12.2. The summed E-state index contributed by atoms with van der Waals surface area (Å²) in [7, 11) is -4.32. The molecule has 0 aliphatic rings. The number of aryl methyl sites for hydroxylation is 1. The van der Waals surface area contributed by atoms with Gasteiger partial charge in [-0.2, -0.15) is 8.42 Å². The monoisotopic (exact) mass is 416 g/mol. The van der Waals surface area contributed by atoms with Gasteiger partial charge in [0.25, 0.3) is 10.1 Å². The second-order valence-electron chi connectivity index (χ2n) is 6.35. The maximum Gasteiger partial charge on any atom is 1.00 e. The van der Waals surface area contributed by atoms with Crippen molar-refractivity contribution in [1.82, 2.24) is 0 Å². The summed E-state index contributed by atoms with van der Waals surface area (Å²) in [5, 5.41) is 12.0. The molecule has 0 unspecified atom stereocenters. The van der Waals surface area contributed by atoms with Crippen LogP contribution in [0.5, 0.6) is 17.2 Å². The molecule has 5 nitrogen and oxygen atoms in total. The van der Waals surface area contributed by atoms with Gasteiger partial charge in [0, 0.05) is 6.07 Å². The maximum atomic E-state index is 12.0. The normalized spacial score (nSPS) is 11.0. The first-order chi connectivity index (χ1) is 12.4. The fourth-order valence-corrected chi connectivity index (χ4v) is 3.24. The Hall–Kier alpha value is -0.414. The van der Waals surface area contributed by atoms with E-state index in [9.17, 15) is 13.5 Å². The maximum absolute atomic E-state index is 12.0. The molecule has 7 heteroatoms. The van der Waals surface area contributed by atoms with Crippen LogP contribution in [0.4, 0.5) is 0 Å². The Balaban J connectivity index is 0.00000364. The molecule has 0 saturated heterocycles. The summed E-state index contributed by atoms with van der Waals surface area (Å²) in [5.74, 6) is 0.0730. The molecule has 0 bridgehead atoms. The summed E-state index contributed by atoms with van der Waals surface area (Å²) in [6.45, 7) is 2.19. The molecule has 2 aromatic rings. The van der Waals surface area contributed by atoms with E-state index in [0.29, 0.717) is 0 Å². The van der Waals surface area contributed by atoms with Gasteiger partial charge in [-0.05, 0) is 36.6 Å². The van der Waals surface area contributed by atoms with Crippen molar-refractivity contribution in [2.45, 2.75) is 56.8 Å². The molecular weight excluding hydrogens is 391 g/mol. The zero-order valence-electron chi connectivity index (χ0n) is 16.0. The summed E-state index contributed by atoms with van der Waals surface area (Å²) < 4.78 is 37.1. The average Bonchev–Trinajstić information content (AvgIpc) is 2.60. The largest absolute Gasteiger partial charge is 1.00 e. The van der Waals surface area contributed by atoms with Crippen LogP contribution in [0, 0.1) is 0 Å². The van der Waals surface area contributed by atoms with Gasteiger partial charge in [0.15, 0.2) is 0 Å². The smallest absolute Gasteiger partial charge is 0.870 e. The van der Waals surface area contributed by atoms with Crippen molar-refractivity contribution in [3.8, 4) is 17.2 Å². The van der Waals surface area contributed by atoms with Gasteiger partial charge in [0.05, 0.1) is 4.90 Å². The molecule has 0 fully saturated rings. The van der Waals surface area contributed by atoms with Crippen LogP contribution in [-0.2, 0) is 16.5 Å². The molecule has 2 rings (SSSR count). The van der Waals surface area contributed by atoms with Crippen molar-refractivity contribution in [2.24, 2.45) is 0 Å². The fourth-order valence-electron chi connectivity index (χ4n) is 2.72. The van der Waals surface area contributed by atoms with Crippen LogP contribution in [0.25, 0.3) is 0 Å². The molecule has 0 spiro atoms. The van der Waals surface area contributed by atoms with Gasteiger partial charge in [-0.15, -0.1) is 0 Å². The average molecular weight is 417 g/mol. The van der Waals surface area contributed by atoms with Crippen molar-refractivity contribution in [3.63, 3.8) is 0 Å². The molecule has 0 aromatic heterocycles. The molecule has 0 atom stereocenters. The predicted octanol–water partition coefficient (Wildman–Crippen LogP) is 1.71. The van der Waals surface area contributed by atoms with E-state index in [4.69, 9.17) is 9.29 Å². The van der Waals surface area contributed by atoms with Gasteiger partial charge >= 0.3 is 51.4 Å². The minimum atomic E-state index is -4.32. The van der Waals surface area contributed by atoms with Crippen LogP contribution in [0.15, 0.2) is 47.4 Å². The Labute approximate surface area is 204 Å². The van der Waals surface area contributed by atoms with Crippen LogP contribution in [0.2, 0.25) is 0 Å². The quantitative estimate of drug-likeness (QED) is 0.362. The molecule has 0 aliphatic carbocycles. The fraction of sp³-hybridized carbons (Fsp3) is 0.400. The third-order valence-corrected chi connectivity index (χ3v) is 5.01. The summed E-state index contributed by atoms with van der Waals surface area (Å²) in [4.78, 5) is -0.273. The molecular formula is C20H25KO5S. The topological polar surface area (TPSA) is 86.7 Å². The van der Waals surface area contributed by atoms with E-state index < -0.39 is 10.1 Å². The first kappa shape index (κ1) is 24.6. The summed E-state index contributed by atoms with van der Waals surface area (Å²) in [6, 6.07) is 10.4. The molecule has 0 radical (unpaired) electrons. The minimum absolute atomic E-state index is 0. The minimum Gasteiger partial charge on any atom is -0.870 e. The van der Waals surface area contributed by atoms with E-state index in [0.717, 1.165) is 24.8 Å². The Bertz CT molecular complexity index is 821. The third-order valence-electron chi connectivity index (χ3n) is 4.16. The number of benzene rings is 2. The number of hydrogen-bond acceptors (Lipinski definition) is 4. The van der Waals surface area contributed by atoms with Crippen molar-refractivity contribution >= 4 is 10.1 Å². The van der Waals surface area contributed by atoms with E-state index in [-0.39, 0.29) is 73.5 Å². The molecule has 27 heavy (non-hydrogen) atoms. The number of ether oxygens (including phenoxy) is 1. The Morgan fingerprint density at radius 3 is 2.41 bits per heavy atom. The Morgan fingerprint density at radius 1 is 1.00 bits per heavy atom. The molecule has 0 heterocycles. The molecule has 1 N–H and O–H groups in total. The first-order valence-corrected chi connectivity index (χ1v) is 10.4. The Kier molecular flexibility index (Phi) is 11.1. The van der Waals surface area contributed by atoms with Gasteiger partial charge in [-0.1, -0.05) is 63.0 Å². The van der Waals surface area contributed by atoms with E-state index in [1.165, 1.54) is 56.0 Å². The number of unbranched alkanes of at least 4 members (excludes halogenated alkanes) is 5. The molecule has 0 amide bonds. The van der Waals surface area contributed by atoms with Gasteiger partial charge < -0.3 is 9.84 Å². The van der Waals surface area contributed by atoms with Crippen LogP contribution >= 0.6 is 0 Å². The molecule has 0 saturated carbocycles. The van der Waals surface area contributed by atoms with Gasteiger partial charge in [0.1, 0.15) is 11.5 Å². The first-order valence-electron chi connectivity index (χ1n) is 8.95. The van der Waals surface area contributed by atoms with Crippen LogP contribution in [-0.4, -0.2) is 13.0 Å². The predicted molar refractivity (Wildman–Crippen MR) is 99.3 cm³/mol. The van der Waals surface area contributed by atoms with E-state index in [2.05, 4.69) is 6.92 Å². The summed E-state index contributed by atoms with van der Waals surface area (Å²) in [6.07, 6.45) is 8.06. The summed E-state index contributed by atoms with van der Waals surface area (Å²) >= 11 is 0. The van der Waals surface area contributed by atoms with Gasteiger partial charge in [-0.25, -0.2) is 0 Å². The zero-order valence-corrected chi connectivity index (χ0v) is 19.9. The van der Waals surface area contributed by atoms with Crippen molar-refractivity contribution < 1.29 is 74.2 Å². The van der Waals surface area contributed by atoms with Crippen LogP contribution in [0.3, 0.4) is 0 Å². The number of hydrogen-bond donors (Lipinski definition) is 1. The van der Waals surface area contributed by atoms with Crippen molar-refractivity contribution in [3.05, 3.63) is 48.0 Å². The standard InChI is InChI=1S/C20H26O5S.K/c1-2-3-4-5-6-7-9-16-12-13-19(21)20(14-16)25-17-10-8-11-18(15-17)26(22,23)24;/h8,10-15,21H,2-7,9H2,1H3,(H,22,23,24);/q;+1/p-1. The van der Waals surface area contributed by atoms with E-state index >= 15 is 0 Å². The van der Waals surface area contributed by atoms with Crippen LogP contribution in [0.1, 0.15) is 51.0 Å². The van der Waals surface area contributed by atoms with E-state index in [1.54, 1.807) is 12.1 Å².